The molecule has 0 aliphatic carbocycles. The van der Waals surface area contributed by atoms with E-state index in [0.717, 1.165) is 19.5 Å². The summed E-state index contributed by atoms with van der Waals surface area (Å²) in [4.78, 5) is 0. The van der Waals surface area contributed by atoms with Gasteiger partial charge in [-0.2, -0.15) is 17.0 Å². The molecule has 0 spiro atoms. The zero-order chi connectivity index (χ0) is 13.3. The van der Waals surface area contributed by atoms with Crippen LogP contribution in [0.4, 0.5) is 0 Å². The van der Waals surface area contributed by atoms with Crippen molar-refractivity contribution in [2.24, 2.45) is 0 Å². The molecule has 0 aliphatic rings. The van der Waals surface area contributed by atoms with Crippen LogP contribution in [0.15, 0.2) is 0 Å². The summed E-state index contributed by atoms with van der Waals surface area (Å²) in [6, 6.07) is 0. The highest BCUT2D eigenvalue weighted by molar-refractivity contribution is 7.86. The minimum absolute atomic E-state index is 0.371. The summed E-state index contributed by atoms with van der Waals surface area (Å²) in [7, 11) is 1.38. The summed E-state index contributed by atoms with van der Waals surface area (Å²) in [5.74, 6) is 0. The van der Waals surface area contributed by atoms with Gasteiger partial charge in [0.2, 0.25) is 0 Å². The molecule has 7 heteroatoms. The number of nitrogens with zero attached hydrogens (tertiary/aromatic N) is 2. The molecule has 0 aliphatic heterocycles. The minimum atomic E-state index is -3.34. The van der Waals surface area contributed by atoms with Crippen molar-refractivity contribution in [1.82, 2.24) is 13.9 Å². The van der Waals surface area contributed by atoms with Crippen molar-refractivity contribution in [3.05, 3.63) is 0 Å². The molecule has 0 fully saturated rings. The molecular formula is C10H25N3O3S. The summed E-state index contributed by atoms with van der Waals surface area (Å²) >= 11 is 0. The van der Waals surface area contributed by atoms with Gasteiger partial charge in [0.25, 0.3) is 10.2 Å². The third-order valence-corrected chi connectivity index (χ3v) is 4.42. The van der Waals surface area contributed by atoms with Gasteiger partial charge in [-0.05, 0) is 19.5 Å². The summed E-state index contributed by atoms with van der Waals surface area (Å²) in [6.07, 6.45) is 0.807. The van der Waals surface area contributed by atoms with Gasteiger partial charge < -0.3 is 10.1 Å². The minimum Gasteiger partial charge on any atom is -0.383 e. The van der Waals surface area contributed by atoms with E-state index in [4.69, 9.17) is 4.74 Å². The van der Waals surface area contributed by atoms with Crippen LogP contribution in [0, 0.1) is 0 Å². The molecule has 0 unspecified atom stereocenters. The fourth-order valence-corrected chi connectivity index (χ4v) is 2.43. The van der Waals surface area contributed by atoms with Gasteiger partial charge >= 0.3 is 0 Å². The molecule has 0 bridgehead atoms. The molecule has 0 amide bonds. The van der Waals surface area contributed by atoms with Crippen molar-refractivity contribution in [1.29, 1.82) is 0 Å². The van der Waals surface area contributed by atoms with Crippen LogP contribution in [0.25, 0.3) is 0 Å². The topological polar surface area (TPSA) is 61.9 Å². The van der Waals surface area contributed by atoms with Crippen LogP contribution in [0.2, 0.25) is 0 Å². The van der Waals surface area contributed by atoms with Crippen molar-refractivity contribution in [2.45, 2.75) is 13.3 Å². The molecule has 0 saturated heterocycles. The van der Waals surface area contributed by atoms with E-state index >= 15 is 0 Å². The molecule has 0 saturated carbocycles. The van der Waals surface area contributed by atoms with E-state index in [-0.39, 0.29) is 0 Å². The number of nitrogens with one attached hydrogen (secondary N) is 1. The Balaban J connectivity index is 4.10. The van der Waals surface area contributed by atoms with Crippen LogP contribution in [0.1, 0.15) is 13.3 Å². The first-order valence-corrected chi connectivity index (χ1v) is 7.23. The lowest BCUT2D eigenvalue weighted by atomic mass is 10.4. The van der Waals surface area contributed by atoms with Gasteiger partial charge in [0.15, 0.2) is 0 Å². The Hall–Kier alpha value is -0.210. The average molecular weight is 267 g/mol. The maximum Gasteiger partial charge on any atom is 0.281 e. The van der Waals surface area contributed by atoms with E-state index in [2.05, 4.69) is 5.32 Å². The van der Waals surface area contributed by atoms with Crippen molar-refractivity contribution in [2.75, 3.05) is 54.0 Å². The monoisotopic (exact) mass is 267 g/mol. The Bertz CT molecular complexity index is 283. The second-order valence-electron chi connectivity index (χ2n) is 3.85. The van der Waals surface area contributed by atoms with Gasteiger partial charge in [0.1, 0.15) is 0 Å². The Kier molecular flexibility index (Phi) is 8.71. The molecule has 17 heavy (non-hydrogen) atoms. The quantitative estimate of drug-likeness (QED) is 0.554. The number of ether oxygens (including phenoxy) is 1. The summed E-state index contributed by atoms with van der Waals surface area (Å²) < 4.78 is 31.5. The maximum atomic E-state index is 12.0. The molecule has 0 rings (SSSR count). The van der Waals surface area contributed by atoms with Crippen LogP contribution in [0.3, 0.4) is 0 Å². The Morgan fingerprint density at radius 1 is 1.18 bits per heavy atom. The predicted molar refractivity (Wildman–Crippen MR) is 69.2 cm³/mol. The van der Waals surface area contributed by atoms with Crippen molar-refractivity contribution in [3.63, 3.8) is 0 Å². The van der Waals surface area contributed by atoms with Crippen LogP contribution in [-0.2, 0) is 14.9 Å². The van der Waals surface area contributed by atoms with Gasteiger partial charge in [-0.15, -0.1) is 0 Å². The maximum absolute atomic E-state index is 12.0. The van der Waals surface area contributed by atoms with E-state index in [1.165, 1.54) is 8.61 Å². The zero-order valence-corrected chi connectivity index (χ0v) is 12.1. The molecule has 0 radical (unpaired) electrons. The summed E-state index contributed by atoms with van der Waals surface area (Å²) in [6.45, 7) is 5.06. The van der Waals surface area contributed by atoms with Gasteiger partial charge in [-0.1, -0.05) is 6.92 Å². The first kappa shape index (κ1) is 16.8. The Morgan fingerprint density at radius 3 is 2.29 bits per heavy atom. The van der Waals surface area contributed by atoms with Crippen molar-refractivity contribution >= 4 is 10.2 Å². The smallest absolute Gasteiger partial charge is 0.281 e. The fraction of sp³-hybridized carbons (Fsp3) is 1.00. The second kappa shape index (κ2) is 8.82. The average Bonchev–Trinajstić information content (AvgIpc) is 2.31. The lowest BCUT2D eigenvalue weighted by Gasteiger charge is -2.24. The van der Waals surface area contributed by atoms with Crippen molar-refractivity contribution in [3.8, 4) is 0 Å². The number of hydrogen-bond donors (Lipinski definition) is 1. The Morgan fingerprint density at radius 2 is 1.76 bits per heavy atom. The summed E-state index contributed by atoms with van der Waals surface area (Å²) in [5.41, 5.74) is 0. The van der Waals surface area contributed by atoms with Crippen LogP contribution in [-0.4, -0.2) is 71.0 Å². The molecule has 0 aromatic carbocycles. The SMILES string of the molecule is CCNCCCN(C)S(=O)(=O)N(C)CCOC. The molecule has 1 N–H and O–H groups in total. The second-order valence-corrected chi connectivity index (χ2v) is 5.99. The van der Waals surface area contributed by atoms with E-state index in [0.29, 0.717) is 19.7 Å². The van der Waals surface area contributed by atoms with Crippen LogP contribution < -0.4 is 5.32 Å². The lowest BCUT2D eigenvalue weighted by molar-refractivity contribution is 0.183. The normalized spacial score (nSPS) is 12.6. The lowest BCUT2D eigenvalue weighted by Crippen LogP contribution is -2.41. The van der Waals surface area contributed by atoms with Gasteiger partial charge in [-0.25, -0.2) is 0 Å². The van der Waals surface area contributed by atoms with Crippen LogP contribution in [0.5, 0.6) is 0 Å². The third-order valence-electron chi connectivity index (χ3n) is 2.47. The number of rotatable bonds is 10. The molecular weight excluding hydrogens is 242 g/mol. The largest absolute Gasteiger partial charge is 0.383 e. The van der Waals surface area contributed by atoms with Gasteiger partial charge in [0, 0.05) is 34.3 Å². The van der Waals surface area contributed by atoms with E-state index in [9.17, 15) is 8.42 Å². The first-order chi connectivity index (χ1) is 7.96. The summed E-state index contributed by atoms with van der Waals surface area (Å²) in [5, 5.41) is 3.16. The first-order valence-electron chi connectivity index (χ1n) is 5.84. The Labute approximate surface area is 105 Å². The van der Waals surface area contributed by atoms with Gasteiger partial charge in [-0.3, -0.25) is 0 Å². The van der Waals surface area contributed by atoms with E-state index < -0.39 is 10.2 Å². The highest BCUT2D eigenvalue weighted by Gasteiger charge is 2.22. The molecule has 0 aromatic heterocycles. The van der Waals surface area contributed by atoms with E-state index in [1.807, 2.05) is 6.92 Å². The molecule has 6 nitrogen and oxygen atoms in total. The molecule has 104 valence electrons. The fourth-order valence-electron chi connectivity index (χ4n) is 1.29. The van der Waals surface area contributed by atoms with Crippen molar-refractivity contribution < 1.29 is 13.2 Å². The van der Waals surface area contributed by atoms with Gasteiger partial charge in [0.05, 0.1) is 6.61 Å². The van der Waals surface area contributed by atoms with Crippen LogP contribution >= 0.6 is 0 Å². The highest BCUT2D eigenvalue weighted by atomic mass is 32.2. The molecule has 0 heterocycles. The number of hydrogen-bond acceptors (Lipinski definition) is 4. The molecule has 0 atom stereocenters. The standard InChI is InChI=1S/C10H25N3O3S/c1-5-11-7-6-8-12(2)17(14,15)13(3)9-10-16-4/h11H,5-10H2,1-4H3. The molecule has 0 aromatic rings. The third kappa shape index (κ3) is 6.32. The highest BCUT2D eigenvalue weighted by Crippen LogP contribution is 2.03. The predicted octanol–water partition coefficient (Wildman–Crippen LogP) is -0.259. The van der Waals surface area contributed by atoms with E-state index in [1.54, 1.807) is 21.2 Å². The zero-order valence-electron chi connectivity index (χ0n) is 11.3. The number of methoxy groups -OCH3 is 1. The number of likely N-dealkylation sites (N-methyl/N-ethyl adjacent to an activating group) is 1.